The quantitative estimate of drug-likeness (QED) is 0.490. The highest BCUT2D eigenvalue weighted by Gasteiger charge is 2.09. The van der Waals surface area contributed by atoms with E-state index in [1.54, 1.807) is 12.1 Å². The van der Waals surface area contributed by atoms with Crippen LogP contribution in [0.15, 0.2) is 39.9 Å². The lowest BCUT2D eigenvalue weighted by molar-refractivity contribution is -0.150. The Labute approximate surface area is 157 Å². The Morgan fingerprint density at radius 1 is 1.42 bits per heavy atom. The van der Waals surface area contributed by atoms with E-state index in [0.717, 1.165) is 22.5 Å². The molecule has 26 heavy (non-hydrogen) atoms. The monoisotopic (exact) mass is 391 g/mol. The molecule has 3 aromatic rings. The predicted molar refractivity (Wildman–Crippen MR) is 98.7 cm³/mol. The normalized spacial score (nSPS) is 11.0. The number of halogens is 1. The molecule has 0 saturated heterocycles. The lowest BCUT2D eigenvalue weighted by Crippen LogP contribution is -2.16. The molecule has 0 amide bonds. The summed E-state index contributed by atoms with van der Waals surface area (Å²) in [6.07, 6.45) is 1.34. The molecule has 0 radical (unpaired) electrons. The number of hydrogen-bond donors (Lipinski definition) is 2. The summed E-state index contributed by atoms with van der Waals surface area (Å²) in [5, 5.41) is 12.5. The molecule has 0 fully saturated rings. The number of nitrogens with zero attached hydrogens (tertiary/aromatic N) is 3. The third kappa shape index (κ3) is 4.58. The van der Waals surface area contributed by atoms with Crippen molar-refractivity contribution in [2.24, 2.45) is 5.10 Å². The van der Waals surface area contributed by atoms with Gasteiger partial charge in [0, 0.05) is 10.6 Å². The van der Waals surface area contributed by atoms with E-state index in [1.807, 2.05) is 25.1 Å². The van der Waals surface area contributed by atoms with E-state index in [-0.39, 0.29) is 6.42 Å². The number of furan rings is 1. The number of benzene rings is 1. The molecule has 2 aromatic heterocycles. The van der Waals surface area contributed by atoms with Crippen LogP contribution in [0.1, 0.15) is 16.3 Å². The molecule has 2 heterocycles. The van der Waals surface area contributed by atoms with Crippen molar-refractivity contribution in [3.8, 4) is 11.3 Å². The molecule has 1 aromatic carbocycles. The van der Waals surface area contributed by atoms with E-state index in [1.165, 1.54) is 6.21 Å². The lowest BCUT2D eigenvalue weighted by Gasteiger charge is -2.01. The highest BCUT2D eigenvalue weighted by atomic mass is 35.5. The summed E-state index contributed by atoms with van der Waals surface area (Å²) in [5.74, 6) is 0.573. The van der Waals surface area contributed by atoms with Crippen molar-refractivity contribution in [3.05, 3.63) is 51.7 Å². The number of carbonyl (C=O) groups excluding carboxylic acids is 1. The Morgan fingerprint density at radius 3 is 3.00 bits per heavy atom. The summed E-state index contributed by atoms with van der Waals surface area (Å²) in [6, 6.07) is 9.20. The molecule has 0 aliphatic carbocycles. The van der Waals surface area contributed by atoms with Crippen molar-refractivity contribution < 1.29 is 14.0 Å². The van der Waals surface area contributed by atoms with Gasteiger partial charge in [-0.05, 0) is 30.7 Å². The summed E-state index contributed by atoms with van der Waals surface area (Å²) in [5.41, 5.74) is 9.48. The van der Waals surface area contributed by atoms with E-state index in [0.29, 0.717) is 26.7 Å². The topological polar surface area (TPSA) is 116 Å². The molecule has 0 atom stereocenters. The van der Waals surface area contributed by atoms with E-state index in [2.05, 4.69) is 20.9 Å². The van der Waals surface area contributed by atoms with Gasteiger partial charge in [-0.1, -0.05) is 35.1 Å². The average molecular weight is 392 g/mol. The van der Waals surface area contributed by atoms with Gasteiger partial charge in [-0.15, -0.1) is 20.9 Å². The molecule has 0 aliphatic heterocycles. The van der Waals surface area contributed by atoms with Crippen LogP contribution in [-0.2, 0) is 16.1 Å². The van der Waals surface area contributed by atoms with Crippen LogP contribution < -0.4 is 11.3 Å². The molecule has 0 spiro atoms. The maximum Gasteiger partial charge on any atom is 0.341 e. The summed E-state index contributed by atoms with van der Waals surface area (Å²) in [4.78, 5) is 16.3. The van der Waals surface area contributed by atoms with Crippen LogP contribution in [0.5, 0.6) is 0 Å². The number of hydrazone groups is 1. The first kappa shape index (κ1) is 17.9. The van der Waals surface area contributed by atoms with Crippen LogP contribution in [0.2, 0.25) is 5.02 Å². The number of nitrogen functional groups attached to an aromatic ring is 1. The van der Waals surface area contributed by atoms with E-state index in [9.17, 15) is 4.79 Å². The van der Waals surface area contributed by atoms with Gasteiger partial charge in [-0.2, -0.15) is 0 Å². The number of nitrogens with one attached hydrogen (secondary N) is 1. The highest BCUT2D eigenvalue weighted by molar-refractivity contribution is 7.15. The fourth-order valence-corrected chi connectivity index (χ4v) is 2.76. The smallest absolute Gasteiger partial charge is 0.341 e. The van der Waals surface area contributed by atoms with Crippen LogP contribution in [0.3, 0.4) is 0 Å². The Bertz CT molecular complexity index is 953. The summed E-state index contributed by atoms with van der Waals surface area (Å²) >= 11 is 7.24. The largest absolute Gasteiger partial charge is 0.455 e. The molecular formula is C16H14ClN5O3S. The first-order valence-electron chi connectivity index (χ1n) is 7.43. The van der Waals surface area contributed by atoms with Crippen LogP contribution in [0.4, 0.5) is 5.13 Å². The van der Waals surface area contributed by atoms with Crippen LogP contribution in [0, 0.1) is 6.92 Å². The van der Waals surface area contributed by atoms with Crippen LogP contribution in [-0.4, -0.2) is 22.4 Å². The van der Waals surface area contributed by atoms with Gasteiger partial charge in [0.05, 0.1) is 6.21 Å². The lowest BCUT2D eigenvalue weighted by atomic mass is 10.1. The Hall–Kier alpha value is -2.91. The summed E-state index contributed by atoms with van der Waals surface area (Å²) in [7, 11) is 0. The second kappa shape index (κ2) is 7.98. The van der Waals surface area contributed by atoms with E-state index >= 15 is 0 Å². The average Bonchev–Trinajstić information content (AvgIpc) is 3.23. The SMILES string of the molecule is Cc1ccc(-c2ccc(/C=N/NOC(=O)Cc3nnc(N)s3)o2)cc1Cl. The van der Waals surface area contributed by atoms with Gasteiger partial charge in [-0.25, -0.2) is 4.79 Å². The zero-order chi connectivity index (χ0) is 18.5. The van der Waals surface area contributed by atoms with Crippen molar-refractivity contribution in [2.75, 3.05) is 5.73 Å². The summed E-state index contributed by atoms with van der Waals surface area (Å²) in [6.45, 7) is 1.93. The molecule has 0 bridgehead atoms. The van der Waals surface area contributed by atoms with Crippen molar-refractivity contribution in [3.63, 3.8) is 0 Å². The minimum absolute atomic E-state index is 0.0452. The zero-order valence-electron chi connectivity index (χ0n) is 13.6. The van der Waals surface area contributed by atoms with Gasteiger partial charge in [0.15, 0.2) is 0 Å². The molecule has 0 unspecified atom stereocenters. The van der Waals surface area contributed by atoms with Gasteiger partial charge in [-0.3, -0.25) is 0 Å². The standard InChI is InChI=1S/C16H14ClN5O3S/c1-9-2-3-10(6-12(9)17)13-5-4-11(24-13)8-19-22-25-15(23)7-14-20-21-16(18)26-14/h2-6,8,22H,7H2,1H3,(H2,18,21)/b19-8+. The van der Waals surface area contributed by atoms with Crippen molar-refractivity contribution in [1.82, 2.24) is 15.8 Å². The number of aryl methyl sites for hydroxylation is 1. The zero-order valence-corrected chi connectivity index (χ0v) is 15.2. The van der Waals surface area contributed by atoms with Crippen LogP contribution in [0.25, 0.3) is 11.3 Å². The minimum atomic E-state index is -0.562. The molecule has 0 aliphatic rings. The van der Waals surface area contributed by atoms with Gasteiger partial charge in [0.1, 0.15) is 22.9 Å². The van der Waals surface area contributed by atoms with Gasteiger partial charge >= 0.3 is 5.97 Å². The number of hydrogen-bond acceptors (Lipinski definition) is 9. The number of rotatable bonds is 6. The second-order valence-corrected chi connectivity index (χ2v) is 6.70. The van der Waals surface area contributed by atoms with Gasteiger partial charge in [0.25, 0.3) is 0 Å². The molecule has 0 saturated carbocycles. The molecule has 3 N–H and O–H groups in total. The first-order chi connectivity index (χ1) is 12.5. The van der Waals surface area contributed by atoms with Crippen molar-refractivity contribution in [1.29, 1.82) is 0 Å². The Balaban J connectivity index is 1.52. The number of aromatic nitrogens is 2. The first-order valence-corrected chi connectivity index (χ1v) is 8.62. The molecule has 134 valence electrons. The maximum atomic E-state index is 11.6. The number of anilines is 1. The second-order valence-electron chi connectivity index (χ2n) is 5.20. The van der Waals surface area contributed by atoms with E-state index in [4.69, 9.17) is 26.6 Å². The fourth-order valence-electron chi connectivity index (χ4n) is 1.99. The third-order valence-electron chi connectivity index (χ3n) is 3.27. The van der Waals surface area contributed by atoms with E-state index < -0.39 is 5.97 Å². The molecule has 3 rings (SSSR count). The van der Waals surface area contributed by atoms with Crippen LogP contribution >= 0.6 is 22.9 Å². The van der Waals surface area contributed by atoms with Crippen molar-refractivity contribution in [2.45, 2.75) is 13.3 Å². The number of carbonyl (C=O) groups is 1. The minimum Gasteiger partial charge on any atom is -0.455 e. The Kier molecular flexibility index (Phi) is 5.49. The van der Waals surface area contributed by atoms with Gasteiger partial charge < -0.3 is 15.0 Å². The maximum absolute atomic E-state index is 11.6. The van der Waals surface area contributed by atoms with Gasteiger partial charge in [0.2, 0.25) is 5.13 Å². The Morgan fingerprint density at radius 2 is 2.27 bits per heavy atom. The molecular weight excluding hydrogens is 378 g/mol. The molecule has 8 nitrogen and oxygen atoms in total. The predicted octanol–water partition coefficient (Wildman–Crippen LogP) is 2.97. The molecule has 10 heteroatoms. The van der Waals surface area contributed by atoms with Crippen molar-refractivity contribution >= 4 is 40.3 Å². The fraction of sp³-hybridized carbons (Fsp3) is 0.125. The number of nitrogens with two attached hydrogens (primary N) is 1. The third-order valence-corrected chi connectivity index (χ3v) is 4.42. The summed E-state index contributed by atoms with van der Waals surface area (Å²) < 4.78 is 5.65. The highest BCUT2D eigenvalue weighted by Crippen LogP contribution is 2.26.